The van der Waals surface area contributed by atoms with Crippen LogP contribution >= 0.6 is 0 Å². The van der Waals surface area contributed by atoms with Gasteiger partial charge in [0, 0.05) is 0 Å². The van der Waals surface area contributed by atoms with E-state index in [4.69, 9.17) is 4.74 Å². The summed E-state index contributed by atoms with van der Waals surface area (Å²) in [5.74, 6) is -1.16. The smallest absolute Gasteiger partial charge is 0.419 e. The molecule has 2 amide bonds. The number of alkyl halides is 3. The molecule has 1 aliphatic rings. The van der Waals surface area contributed by atoms with Crippen LogP contribution in [0, 0.1) is 0 Å². The highest BCUT2D eigenvalue weighted by Gasteiger charge is 2.51. The van der Waals surface area contributed by atoms with Crippen molar-refractivity contribution in [3.8, 4) is 11.5 Å². The number of benzene rings is 1. The number of aromatic nitrogens is 3. The summed E-state index contributed by atoms with van der Waals surface area (Å²) in [4.78, 5) is 29.1. The average molecular weight is 501 g/mol. The van der Waals surface area contributed by atoms with Gasteiger partial charge in [-0.25, -0.2) is 0 Å². The zero-order valence-corrected chi connectivity index (χ0v) is 19.0. The van der Waals surface area contributed by atoms with Crippen molar-refractivity contribution in [2.24, 2.45) is 0 Å². The van der Waals surface area contributed by atoms with Gasteiger partial charge < -0.3 is 20.5 Å². The van der Waals surface area contributed by atoms with Crippen LogP contribution in [-0.4, -0.2) is 37.6 Å². The Morgan fingerprint density at radius 3 is 2.50 bits per heavy atom. The van der Waals surface area contributed by atoms with Gasteiger partial charge in [0.05, 0.1) is 48.1 Å². The van der Waals surface area contributed by atoms with Crippen LogP contribution in [0.3, 0.4) is 0 Å². The monoisotopic (exact) mass is 501 g/mol. The van der Waals surface area contributed by atoms with Crippen molar-refractivity contribution >= 4 is 11.8 Å². The summed E-state index contributed by atoms with van der Waals surface area (Å²) in [6, 6.07) is 7.77. The SMILES string of the molecule is CC(O)c1ccc(Oc2ccc(CNC(=O)C3(NC(=O)c4ccnnc4)CC3)nc2)c(C(F)(F)F)c1. The number of halogens is 3. The molecular weight excluding hydrogens is 479 g/mol. The lowest BCUT2D eigenvalue weighted by molar-refractivity contribution is -0.138. The number of aliphatic hydroxyl groups is 1. The first-order valence-corrected chi connectivity index (χ1v) is 11.0. The quantitative estimate of drug-likeness (QED) is 0.432. The highest BCUT2D eigenvalue weighted by Crippen LogP contribution is 2.39. The van der Waals surface area contributed by atoms with Gasteiger partial charge in [-0.2, -0.15) is 23.4 Å². The van der Waals surface area contributed by atoms with Gasteiger partial charge in [0.1, 0.15) is 17.0 Å². The Kier molecular flexibility index (Phi) is 6.88. The van der Waals surface area contributed by atoms with Crippen molar-refractivity contribution in [1.29, 1.82) is 0 Å². The molecule has 1 fully saturated rings. The fourth-order valence-electron chi connectivity index (χ4n) is 3.41. The molecule has 2 heterocycles. The number of pyridine rings is 1. The minimum absolute atomic E-state index is 0.0461. The Morgan fingerprint density at radius 1 is 1.14 bits per heavy atom. The van der Waals surface area contributed by atoms with Gasteiger partial charge in [-0.05, 0) is 55.7 Å². The third kappa shape index (κ3) is 5.77. The van der Waals surface area contributed by atoms with E-state index in [1.807, 2.05) is 0 Å². The molecule has 188 valence electrons. The van der Waals surface area contributed by atoms with Gasteiger partial charge in [-0.3, -0.25) is 14.6 Å². The molecule has 36 heavy (non-hydrogen) atoms. The molecule has 1 aromatic carbocycles. The summed E-state index contributed by atoms with van der Waals surface area (Å²) in [5.41, 5.74) is -1.18. The Bertz CT molecular complexity index is 1250. The molecule has 2 aromatic heterocycles. The molecule has 0 saturated heterocycles. The fourth-order valence-corrected chi connectivity index (χ4v) is 3.41. The number of nitrogens with zero attached hydrogens (tertiary/aromatic N) is 3. The topological polar surface area (TPSA) is 126 Å². The lowest BCUT2D eigenvalue weighted by Gasteiger charge is -2.17. The highest BCUT2D eigenvalue weighted by atomic mass is 19.4. The minimum Gasteiger partial charge on any atom is -0.455 e. The number of hydrogen-bond acceptors (Lipinski definition) is 7. The molecule has 4 rings (SSSR count). The van der Waals surface area contributed by atoms with Gasteiger partial charge in [-0.1, -0.05) is 6.07 Å². The maximum Gasteiger partial charge on any atom is 0.419 e. The molecule has 0 aliphatic heterocycles. The maximum atomic E-state index is 13.5. The van der Waals surface area contributed by atoms with Crippen molar-refractivity contribution in [2.75, 3.05) is 0 Å². The van der Waals surface area contributed by atoms with Crippen LogP contribution in [0.4, 0.5) is 13.2 Å². The number of amides is 2. The number of aliphatic hydroxyl groups excluding tert-OH is 1. The molecule has 9 nitrogen and oxygen atoms in total. The summed E-state index contributed by atoms with van der Waals surface area (Å²) in [6.45, 7) is 1.42. The van der Waals surface area contributed by atoms with Crippen molar-refractivity contribution in [3.63, 3.8) is 0 Å². The maximum absolute atomic E-state index is 13.5. The summed E-state index contributed by atoms with van der Waals surface area (Å²) >= 11 is 0. The first-order chi connectivity index (χ1) is 17.1. The van der Waals surface area contributed by atoms with Crippen LogP contribution in [0.15, 0.2) is 55.0 Å². The lowest BCUT2D eigenvalue weighted by atomic mass is 10.1. The Morgan fingerprint density at radius 2 is 1.92 bits per heavy atom. The molecule has 0 bridgehead atoms. The molecule has 1 unspecified atom stereocenters. The van der Waals surface area contributed by atoms with Crippen molar-refractivity contribution in [1.82, 2.24) is 25.8 Å². The van der Waals surface area contributed by atoms with E-state index in [0.29, 0.717) is 18.5 Å². The Hall–Kier alpha value is -4.06. The van der Waals surface area contributed by atoms with E-state index in [-0.39, 0.29) is 29.3 Å². The van der Waals surface area contributed by atoms with Crippen LogP contribution in [0.2, 0.25) is 0 Å². The van der Waals surface area contributed by atoms with Gasteiger partial charge in [-0.15, -0.1) is 0 Å². The van der Waals surface area contributed by atoms with Crippen LogP contribution < -0.4 is 15.4 Å². The minimum atomic E-state index is -4.68. The van der Waals surface area contributed by atoms with Gasteiger partial charge in [0.15, 0.2) is 0 Å². The summed E-state index contributed by atoms with van der Waals surface area (Å²) in [7, 11) is 0. The van der Waals surface area contributed by atoms with Crippen molar-refractivity contribution < 1.29 is 32.6 Å². The average Bonchev–Trinajstić information content (AvgIpc) is 3.64. The van der Waals surface area contributed by atoms with Crippen LogP contribution in [0.5, 0.6) is 11.5 Å². The number of hydrogen-bond donors (Lipinski definition) is 3. The summed E-state index contributed by atoms with van der Waals surface area (Å²) in [6.07, 6.45) is -0.850. The number of carbonyl (C=O) groups excluding carboxylic acids is 2. The first-order valence-electron chi connectivity index (χ1n) is 11.0. The van der Waals surface area contributed by atoms with E-state index in [2.05, 4.69) is 25.8 Å². The molecule has 0 spiro atoms. The molecule has 12 heteroatoms. The second kappa shape index (κ2) is 9.90. The summed E-state index contributed by atoms with van der Waals surface area (Å²) < 4.78 is 45.8. The lowest BCUT2D eigenvalue weighted by Crippen LogP contribution is -2.48. The number of ether oxygens (including phenoxy) is 1. The standard InChI is InChI=1S/C24H22F3N5O4/c1-14(33)15-2-5-20(19(10-15)24(25,26)27)36-18-4-3-17(28-13-18)12-29-22(35)23(7-8-23)32-21(34)16-6-9-30-31-11-16/h2-6,9-11,13-14,33H,7-8,12H2,1H3,(H,29,35)(H,32,34). The number of nitrogens with one attached hydrogen (secondary N) is 2. The number of carbonyl (C=O) groups is 2. The molecule has 3 aromatic rings. The van der Waals surface area contributed by atoms with E-state index < -0.39 is 35.0 Å². The van der Waals surface area contributed by atoms with E-state index in [1.165, 1.54) is 49.8 Å². The third-order valence-electron chi connectivity index (χ3n) is 5.63. The van der Waals surface area contributed by atoms with E-state index >= 15 is 0 Å². The van der Waals surface area contributed by atoms with Crippen molar-refractivity contribution in [2.45, 2.75) is 44.1 Å². The zero-order valence-electron chi connectivity index (χ0n) is 19.0. The van der Waals surface area contributed by atoms with Crippen molar-refractivity contribution in [3.05, 3.63) is 77.4 Å². The molecule has 0 radical (unpaired) electrons. The van der Waals surface area contributed by atoms with Gasteiger partial charge >= 0.3 is 6.18 Å². The summed E-state index contributed by atoms with van der Waals surface area (Å²) in [5, 5.41) is 22.3. The predicted octanol–water partition coefficient (Wildman–Crippen LogP) is 3.31. The van der Waals surface area contributed by atoms with Gasteiger partial charge in [0.25, 0.3) is 5.91 Å². The predicted molar refractivity (Wildman–Crippen MR) is 120 cm³/mol. The van der Waals surface area contributed by atoms with Crippen LogP contribution in [0.1, 0.15) is 53.0 Å². The largest absolute Gasteiger partial charge is 0.455 e. The van der Waals surface area contributed by atoms with E-state index in [1.54, 1.807) is 0 Å². The Labute approximate surface area is 203 Å². The molecule has 1 aliphatic carbocycles. The second-order valence-electron chi connectivity index (χ2n) is 8.37. The highest BCUT2D eigenvalue weighted by molar-refractivity contribution is 6.00. The first kappa shape index (κ1) is 25.0. The zero-order chi connectivity index (χ0) is 25.9. The van der Waals surface area contributed by atoms with Crippen LogP contribution in [0.25, 0.3) is 0 Å². The second-order valence-corrected chi connectivity index (χ2v) is 8.37. The van der Waals surface area contributed by atoms with Crippen LogP contribution in [-0.2, 0) is 17.5 Å². The molecule has 1 atom stereocenters. The third-order valence-corrected chi connectivity index (χ3v) is 5.63. The molecular formula is C24H22F3N5O4. The Balaban J connectivity index is 1.36. The van der Waals surface area contributed by atoms with Gasteiger partial charge in [0.2, 0.25) is 5.91 Å². The normalized spacial score (nSPS) is 15.0. The van der Waals surface area contributed by atoms with E-state index in [0.717, 1.165) is 12.1 Å². The van der Waals surface area contributed by atoms with E-state index in [9.17, 15) is 27.9 Å². The number of rotatable bonds is 8. The molecule has 3 N–H and O–H groups in total. The fraction of sp³-hybridized carbons (Fsp3) is 0.292. The molecule has 1 saturated carbocycles.